The minimum atomic E-state index is -4.68. The molecule has 0 bridgehead atoms. The third-order valence-electron chi connectivity index (χ3n) is 7.54. The van der Waals surface area contributed by atoms with Gasteiger partial charge in [-0.2, -0.15) is 13.2 Å². The fourth-order valence-corrected chi connectivity index (χ4v) is 5.56. The summed E-state index contributed by atoms with van der Waals surface area (Å²) in [7, 11) is 0. The van der Waals surface area contributed by atoms with Gasteiger partial charge >= 0.3 is 18.1 Å². The molecule has 0 aliphatic carbocycles. The molecule has 0 spiro atoms. The van der Waals surface area contributed by atoms with Crippen LogP contribution in [0.15, 0.2) is 95.5 Å². The smallest absolute Gasteiger partial charge is 0.417 e. The summed E-state index contributed by atoms with van der Waals surface area (Å²) in [5.74, 6) is -3.33. The first-order chi connectivity index (χ1) is 22.0. The van der Waals surface area contributed by atoms with Crippen molar-refractivity contribution in [2.24, 2.45) is 0 Å². The lowest BCUT2D eigenvalue weighted by molar-refractivity contribution is -0.156. The number of nitrogens with zero attached hydrogens (tertiary/aromatic N) is 1. The van der Waals surface area contributed by atoms with Crippen LogP contribution in [-0.2, 0) is 41.8 Å². The number of hydrogen-bond acceptors (Lipinski definition) is 3. The summed E-state index contributed by atoms with van der Waals surface area (Å²) in [6.45, 7) is 1.89. The number of aryl methyl sites for hydroxylation is 1. The number of amides is 2. The molecule has 0 atom stereocenters. The van der Waals surface area contributed by atoms with Crippen molar-refractivity contribution in [1.29, 1.82) is 0 Å². The maximum atomic E-state index is 14.0. The van der Waals surface area contributed by atoms with Gasteiger partial charge in [-0.3, -0.25) is 9.59 Å². The number of benzene rings is 4. The molecule has 10 heteroatoms. The minimum absolute atomic E-state index is 0.0241. The first kappa shape index (κ1) is 34.4. The van der Waals surface area contributed by atoms with Crippen LogP contribution in [0, 0.1) is 0 Å². The van der Waals surface area contributed by atoms with Crippen LogP contribution in [-0.4, -0.2) is 27.8 Å². The van der Waals surface area contributed by atoms with Gasteiger partial charge in [-0.25, -0.2) is 4.79 Å². The number of unbranched alkanes of at least 4 members (excludes halogenated alkanes) is 2. The molecular formula is C36H34BrF3N2O4. The van der Waals surface area contributed by atoms with Crippen molar-refractivity contribution in [3.8, 4) is 11.1 Å². The van der Waals surface area contributed by atoms with Gasteiger partial charge in [0.25, 0.3) is 5.91 Å². The van der Waals surface area contributed by atoms with Crippen molar-refractivity contribution in [2.75, 3.05) is 0 Å². The van der Waals surface area contributed by atoms with Crippen LogP contribution in [0.3, 0.4) is 0 Å². The molecule has 0 aliphatic heterocycles. The molecule has 0 aliphatic rings. The van der Waals surface area contributed by atoms with E-state index < -0.39 is 23.6 Å². The minimum Gasteiger partial charge on any atom is -0.474 e. The van der Waals surface area contributed by atoms with Crippen molar-refractivity contribution in [3.63, 3.8) is 0 Å². The van der Waals surface area contributed by atoms with E-state index in [1.807, 2.05) is 12.1 Å². The van der Waals surface area contributed by atoms with Crippen molar-refractivity contribution in [1.82, 2.24) is 10.2 Å². The zero-order chi connectivity index (χ0) is 33.3. The van der Waals surface area contributed by atoms with Crippen LogP contribution in [0.2, 0.25) is 0 Å². The van der Waals surface area contributed by atoms with Crippen LogP contribution >= 0.6 is 15.9 Å². The Morgan fingerprint density at radius 2 is 1.50 bits per heavy atom. The lowest BCUT2D eigenvalue weighted by Gasteiger charge is -2.23. The average molecular weight is 696 g/mol. The van der Waals surface area contributed by atoms with E-state index in [-0.39, 0.29) is 30.1 Å². The van der Waals surface area contributed by atoms with E-state index in [0.29, 0.717) is 27.7 Å². The molecule has 4 aromatic carbocycles. The van der Waals surface area contributed by atoms with Crippen LogP contribution in [0.4, 0.5) is 13.2 Å². The summed E-state index contributed by atoms with van der Waals surface area (Å²) in [5, 5.41) is 12.3. The van der Waals surface area contributed by atoms with Gasteiger partial charge in [0.15, 0.2) is 0 Å². The first-order valence-corrected chi connectivity index (χ1v) is 15.7. The van der Waals surface area contributed by atoms with Crippen molar-refractivity contribution in [3.05, 3.63) is 129 Å². The monoisotopic (exact) mass is 694 g/mol. The number of rotatable bonds is 12. The summed E-state index contributed by atoms with van der Waals surface area (Å²) in [6, 6.07) is 24.6. The van der Waals surface area contributed by atoms with Crippen molar-refractivity contribution in [2.45, 2.75) is 58.4 Å². The summed E-state index contributed by atoms with van der Waals surface area (Å²) in [5.41, 5.74) is 2.60. The molecule has 4 rings (SSSR count). The Morgan fingerprint density at radius 3 is 2.13 bits per heavy atom. The molecule has 240 valence electrons. The predicted octanol–water partition coefficient (Wildman–Crippen LogP) is 8.41. The van der Waals surface area contributed by atoms with Gasteiger partial charge in [-0.05, 0) is 64.4 Å². The van der Waals surface area contributed by atoms with Gasteiger partial charge in [-0.15, -0.1) is 0 Å². The number of halogens is 4. The zero-order valence-corrected chi connectivity index (χ0v) is 26.8. The summed E-state index contributed by atoms with van der Waals surface area (Å²) in [4.78, 5) is 38.1. The molecule has 0 saturated heterocycles. The number of carbonyl (C=O) groups excluding carboxylic acids is 2. The average Bonchev–Trinajstić information content (AvgIpc) is 3.04. The van der Waals surface area contributed by atoms with Gasteiger partial charge < -0.3 is 15.3 Å². The third kappa shape index (κ3) is 9.29. The highest BCUT2D eigenvalue weighted by Gasteiger charge is 2.34. The maximum absolute atomic E-state index is 14.0. The summed E-state index contributed by atoms with van der Waals surface area (Å²) >= 11 is 3.40. The van der Waals surface area contributed by atoms with E-state index in [2.05, 4.69) is 40.3 Å². The molecule has 0 unspecified atom stereocenters. The molecule has 0 saturated carbocycles. The van der Waals surface area contributed by atoms with Gasteiger partial charge in [0.05, 0.1) is 5.56 Å². The summed E-state index contributed by atoms with van der Waals surface area (Å²) < 4.78 is 42.6. The number of nitrogens with one attached hydrogen (secondary N) is 1. The Kier molecular flexibility index (Phi) is 11.8. The molecule has 4 aromatic rings. The van der Waals surface area contributed by atoms with Gasteiger partial charge in [-0.1, -0.05) is 108 Å². The number of aliphatic carboxylic acids is 1. The van der Waals surface area contributed by atoms with E-state index in [0.717, 1.165) is 35.8 Å². The Morgan fingerprint density at radius 1 is 0.826 bits per heavy atom. The Bertz CT molecular complexity index is 1680. The fourth-order valence-electron chi connectivity index (χ4n) is 5.06. The molecular weight excluding hydrogens is 661 g/mol. The summed E-state index contributed by atoms with van der Waals surface area (Å²) in [6.07, 6.45) is -0.173. The number of carbonyl (C=O) groups is 3. The first-order valence-electron chi connectivity index (χ1n) is 14.9. The predicted molar refractivity (Wildman–Crippen MR) is 174 cm³/mol. The van der Waals surface area contributed by atoms with E-state index in [1.165, 1.54) is 24.1 Å². The second-order valence-corrected chi connectivity index (χ2v) is 11.8. The van der Waals surface area contributed by atoms with E-state index in [4.69, 9.17) is 0 Å². The van der Waals surface area contributed by atoms with Crippen LogP contribution in [0.1, 0.15) is 64.4 Å². The SMILES string of the molecule is CCCCCc1ccc(CNC(=O)c2ccc(CN(Cc3ccc(-c4ccccc4)c(C(F)(F)F)c3)C(=O)C(=O)O)c(Br)c2)cc1. The Balaban J connectivity index is 1.47. The number of carboxylic acids is 1. The second-order valence-electron chi connectivity index (χ2n) is 11.0. The number of alkyl halides is 3. The number of hydrogen-bond donors (Lipinski definition) is 2. The van der Waals surface area contributed by atoms with Gasteiger partial charge in [0, 0.05) is 29.7 Å². The lowest BCUT2D eigenvalue weighted by atomic mass is 9.97. The normalized spacial score (nSPS) is 11.2. The molecule has 0 heterocycles. The van der Waals surface area contributed by atoms with Crippen LogP contribution in [0.25, 0.3) is 11.1 Å². The highest BCUT2D eigenvalue weighted by atomic mass is 79.9. The lowest BCUT2D eigenvalue weighted by Crippen LogP contribution is -2.35. The quantitative estimate of drug-likeness (QED) is 0.115. The van der Waals surface area contributed by atoms with Crippen molar-refractivity contribution >= 4 is 33.7 Å². The standard InChI is InChI=1S/C36H34BrF3N2O4/c1-2-3-5-8-24-11-13-25(14-12-24)21-41-33(43)28-16-17-29(32(37)20-28)23-42(34(44)35(45)46)22-26-15-18-30(27-9-6-4-7-10-27)31(19-26)36(38,39)40/h4,6-7,9-20H,2-3,5,8,21-23H2,1H3,(H,41,43)(H,45,46). The van der Waals surface area contributed by atoms with E-state index >= 15 is 0 Å². The van der Waals surface area contributed by atoms with Crippen LogP contribution in [0.5, 0.6) is 0 Å². The van der Waals surface area contributed by atoms with E-state index in [1.54, 1.807) is 48.5 Å². The molecule has 46 heavy (non-hydrogen) atoms. The second kappa shape index (κ2) is 15.7. The largest absolute Gasteiger partial charge is 0.474 e. The maximum Gasteiger partial charge on any atom is 0.417 e. The molecule has 2 amide bonds. The Hall–Kier alpha value is -4.44. The topological polar surface area (TPSA) is 86.7 Å². The number of carboxylic acid groups (broad SMARTS) is 1. The molecule has 0 radical (unpaired) electrons. The molecule has 0 aromatic heterocycles. The van der Waals surface area contributed by atoms with Gasteiger partial charge in [0.2, 0.25) is 0 Å². The molecule has 2 N–H and O–H groups in total. The molecule has 0 fully saturated rings. The highest BCUT2D eigenvalue weighted by Crippen LogP contribution is 2.38. The third-order valence-corrected chi connectivity index (χ3v) is 8.28. The zero-order valence-electron chi connectivity index (χ0n) is 25.2. The van der Waals surface area contributed by atoms with Crippen molar-refractivity contribution < 1.29 is 32.7 Å². The van der Waals surface area contributed by atoms with E-state index in [9.17, 15) is 32.7 Å². The fraction of sp³-hybridized carbons (Fsp3) is 0.250. The van der Waals surface area contributed by atoms with Gasteiger partial charge in [0.1, 0.15) is 0 Å². The molecule has 6 nitrogen and oxygen atoms in total. The Labute approximate surface area is 274 Å². The highest BCUT2D eigenvalue weighted by molar-refractivity contribution is 9.10. The van der Waals surface area contributed by atoms with Crippen LogP contribution < -0.4 is 5.32 Å².